The van der Waals surface area contributed by atoms with Crippen LogP contribution in [0.25, 0.3) is 0 Å². The lowest BCUT2D eigenvalue weighted by molar-refractivity contribution is -0.178. The van der Waals surface area contributed by atoms with Crippen LogP contribution < -0.4 is 0 Å². The molecule has 1 saturated carbocycles. The minimum Gasteiger partial charge on any atom is -0.347 e. The van der Waals surface area contributed by atoms with Crippen molar-refractivity contribution in [2.24, 2.45) is 5.92 Å². The lowest BCUT2D eigenvalue weighted by Crippen LogP contribution is -2.43. The Morgan fingerprint density at radius 3 is 2.59 bits per heavy atom. The Bertz CT molecular complexity index is 594. The summed E-state index contributed by atoms with van der Waals surface area (Å²) in [7, 11) is 0. The molecular formula is C17H19NO4. The molecular weight excluding hydrogens is 282 g/mol. The predicted octanol–water partition coefficient (Wildman–Crippen LogP) is 1.51. The third kappa shape index (κ3) is 2.16. The lowest BCUT2D eigenvalue weighted by Gasteiger charge is -2.33. The molecule has 5 heteroatoms. The number of amides is 1. The Labute approximate surface area is 129 Å². The maximum absolute atomic E-state index is 12.6. The van der Waals surface area contributed by atoms with E-state index in [1.165, 1.54) is 0 Å². The zero-order valence-electron chi connectivity index (χ0n) is 12.4. The Morgan fingerprint density at radius 2 is 1.86 bits per heavy atom. The highest BCUT2D eigenvalue weighted by Gasteiger charge is 2.55. The Morgan fingerprint density at radius 1 is 1.14 bits per heavy atom. The van der Waals surface area contributed by atoms with Crippen molar-refractivity contribution in [2.75, 3.05) is 13.2 Å². The lowest BCUT2D eigenvalue weighted by atomic mass is 10.00. The predicted molar refractivity (Wildman–Crippen MR) is 77.8 cm³/mol. The van der Waals surface area contributed by atoms with E-state index in [1.54, 1.807) is 4.90 Å². The maximum atomic E-state index is 12.6. The summed E-state index contributed by atoms with van der Waals surface area (Å²) in [5, 5.41) is 0. The van der Waals surface area contributed by atoms with Crippen LogP contribution in [0.15, 0.2) is 30.3 Å². The largest absolute Gasteiger partial charge is 0.347 e. The van der Waals surface area contributed by atoms with Gasteiger partial charge in [-0.2, -0.15) is 0 Å². The van der Waals surface area contributed by atoms with E-state index in [0.717, 1.165) is 5.56 Å². The SMILES string of the molecule is O=C1[C@@H]2CCC3(C[C@H]1N(Cc1ccccc1)C2=O)OCCO3. The molecule has 116 valence electrons. The first-order valence-electron chi connectivity index (χ1n) is 7.85. The molecule has 1 aromatic carbocycles. The van der Waals surface area contributed by atoms with Crippen molar-refractivity contribution >= 4 is 11.7 Å². The van der Waals surface area contributed by atoms with Crippen LogP contribution >= 0.6 is 0 Å². The number of benzene rings is 1. The van der Waals surface area contributed by atoms with Gasteiger partial charge in [0, 0.05) is 19.4 Å². The summed E-state index contributed by atoms with van der Waals surface area (Å²) in [5.41, 5.74) is 1.04. The van der Waals surface area contributed by atoms with Crippen LogP contribution in [0.4, 0.5) is 0 Å². The summed E-state index contributed by atoms with van der Waals surface area (Å²) in [4.78, 5) is 26.9. The molecule has 3 fully saturated rings. The third-order valence-electron chi connectivity index (χ3n) is 4.96. The number of ether oxygens (including phenoxy) is 2. The standard InChI is InChI=1S/C17H19NO4/c19-15-13-6-7-17(21-8-9-22-17)10-14(15)18(16(13)20)11-12-4-2-1-3-5-12/h1-5,13-14H,6-11H2/t13-,14+/m0/s1. The molecule has 5 nitrogen and oxygen atoms in total. The second-order valence-electron chi connectivity index (χ2n) is 6.27. The normalized spacial score (nSPS) is 30.1. The second kappa shape index (κ2) is 5.18. The van der Waals surface area contributed by atoms with Gasteiger partial charge in [-0.25, -0.2) is 0 Å². The van der Waals surface area contributed by atoms with Gasteiger partial charge in [0.1, 0.15) is 0 Å². The van der Waals surface area contributed by atoms with Gasteiger partial charge < -0.3 is 14.4 Å². The Balaban J connectivity index is 1.62. The van der Waals surface area contributed by atoms with Gasteiger partial charge in [0.15, 0.2) is 11.6 Å². The number of nitrogens with zero attached hydrogens (tertiary/aromatic N) is 1. The summed E-state index contributed by atoms with van der Waals surface area (Å²) in [6, 6.07) is 9.37. The van der Waals surface area contributed by atoms with Crippen LogP contribution in [-0.4, -0.2) is 41.6 Å². The van der Waals surface area contributed by atoms with Gasteiger partial charge >= 0.3 is 0 Å². The first-order valence-corrected chi connectivity index (χ1v) is 7.85. The van der Waals surface area contributed by atoms with Crippen LogP contribution in [0, 0.1) is 5.92 Å². The second-order valence-corrected chi connectivity index (χ2v) is 6.27. The van der Waals surface area contributed by atoms with Crippen molar-refractivity contribution in [3.63, 3.8) is 0 Å². The first-order chi connectivity index (χ1) is 10.7. The zero-order valence-corrected chi connectivity index (χ0v) is 12.4. The van der Waals surface area contributed by atoms with Crippen molar-refractivity contribution in [1.82, 2.24) is 4.90 Å². The molecule has 1 spiro atoms. The number of Topliss-reactive ketones (excluding diaryl/α,β-unsaturated/α-hetero) is 1. The number of fused-ring (bicyclic) bond motifs is 2. The van der Waals surface area contributed by atoms with Crippen LogP contribution in [0.5, 0.6) is 0 Å². The number of carbonyl (C=O) groups is 2. The van der Waals surface area contributed by atoms with Crippen molar-refractivity contribution in [3.8, 4) is 0 Å². The highest BCUT2D eigenvalue weighted by Crippen LogP contribution is 2.41. The molecule has 2 heterocycles. The maximum Gasteiger partial charge on any atom is 0.234 e. The molecule has 3 aliphatic rings. The highest BCUT2D eigenvalue weighted by molar-refractivity contribution is 6.10. The van der Waals surface area contributed by atoms with Gasteiger partial charge in [-0.15, -0.1) is 0 Å². The fraction of sp³-hybridized carbons (Fsp3) is 0.529. The van der Waals surface area contributed by atoms with Gasteiger partial charge in [0.2, 0.25) is 5.91 Å². The fourth-order valence-corrected chi connectivity index (χ4v) is 3.83. The van der Waals surface area contributed by atoms with Crippen LogP contribution in [-0.2, 0) is 25.6 Å². The monoisotopic (exact) mass is 301 g/mol. The molecule has 0 unspecified atom stereocenters. The number of rotatable bonds is 2. The van der Waals surface area contributed by atoms with Gasteiger partial charge in [-0.1, -0.05) is 30.3 Å². The summed E-state index contributed by atoms with van der Waals surface area (Å²) < 4.78 is 11.6. The average Bonchev–Trinajstić information content (AvgIpc) is 3.02. The molecule has 2 bridgehead atoms. The zero-order chi connectivity index (χ0) is 15.2. The molecule has 0 aromatic heterocycles. The average molecular weight is 301 g/mol. The number of hydrogen-bond donors (Lipinski definition) is 0. The first kappa shape index (κ1) is 13.9. The molecule has 2 atom stereocenters. The summed E-state index contributed by atoms with van der Waals surface area (Å²) in [6.45, 7) is 1.61. The summed E-state index contributed by atoms with van der Waals surface area (Å²) in [5.74, 6) is -1.17. The molecule has 1 aliphatic carbocycles. The number of likely N-dealkylation sites (tertiary alicyclic amines) is 1. The molecule has 2 saturated heterocycles. The van der Waals surface area contributed by atoms with Gasteiger partial charge in [0.25, 0.3) is 0 Å². The van der Waals surface area contributed by atoms with Crippen molar-refractivity contribution < 1.29 is 19.1 Å². The topological polar surface area (TPSA) is 55.8 Å². The molecule has 22 heavy (non-hydrogen) atoms. The molecule has 1 aromatic rings. The number of carbonyl (C=O) groups excluding carboxylic acids is 2. The minimum absolute atomic E-state index is 0.0355. The summed E-state index contributed by atoms with van der Waals surface area (Å²) >= 11 is 0. The van der Waals surface area contributed by atoms with Crippen LogP contribution in [0.1, 0.15) is 24.8 Å². The van der Waals surface area contributed by atoms with E-state index in [9.17, 15) is 9.59 Å². The van der Waals surface area contributed by atoms with E-state index in [0.29, 0.717) is 39.0 Å². The van der Waals surface area contributed by atoms with E-state index in [-0.39, 0.29) is 11.7 Å². The van der Waals surface area contributed by atoms with Crippen molar-refractivity contribution in [1.29, 1.82) is 0 Å². The van der Waals surface area contributed by atoms with Crippen LogP contribution in [0.3, 0.4) is 0 Å². The van der Waals surface area contributed by atoms with Gasteiger partial charge in [-0.3, -0.25) is 9.59 Å². The molecule has 0 N–H and O–H groups in total. The Hall–Kier alpha value is -1.72. The number of ketones is 1. The van der Waals surface area contributed by atoms with E-state index >= 15 is 0 Å². The molecule has 0 radical (unpaired) electrons. The molecule has 4 rings (SSSR count). The van der Waals surface area contributed by atoms with Crippen LogP contribution in [0.2, 0.25) is 0 Å². The van der Waals surface area contributed by atoms with Crippen molar-refractivity contribution in [3.05, 3.63) is 35.9 Å². The van der Waals surface area contributed by atoms with Gasteiger partial charge in [0.05, 0.1) is 25.2 Å². The summed E-state index contributed by atoms with van der Waals surface area (Å²) in [6.07, 6.45) is 1.62. The third-order valence-corrected chi connectivity index (χ3v) is 4.96. The fourth-order valence-electron chi connectivity index (χ4n) is 3.83. The van der Waals surface area contributed by atoms with E-state index < -0.39 is 17.7 Å². The van der Waals surface area contributed by atoms with E-state index in [1.807, 2.05) is 30.3 Å². The smallest absolute Gasteiger partial charge is 0.234 e. The van der Waals surface area contributed by atoms with E-state index in [2.05, 4.69) is 0 Å². The quantitative estimate of drug-likeness (QED) is 0.777. The Kier molecular flexibility index (Phi) is 3.27. The molecule has 2 aliphatic heterocycles. The van der Waals surface area contributed by atoms with E-state index in [4.69, 9.17) is 9.47 Å². The molecule has 1 amide bonds. The number of hydrogen-bond acceptors (Lipinski definition) is 4. The van der Waals surface area contributed by atoms with Crippen molar-refractivity contribution in [2.45, 2.75) is 37.6 Å². The minimum atomic E-state index is -0.662. The van der Waals surface area contributed by atoms with Gasteiger partial charge in [-0.05, 0) is 12.0 Å². The highest BCUT2D eigenvalue weighted by atomic mass is 16.7.